The number of nitrogens with one attached hydrogen (secondary N) is 1. The molecule has 1 N–H and O–H groups in total. The lowest BCUT2D eigenvalue weighted by molar-refractivity contribution is -0.137. The fourth-order valence-electron chi connectivity index (χ4n) is 2.73. The molecule has 1 aliphatic rings. The lowest BCUT2D eigenvalue weighted by atomic mass is 9.82. The molecule has 0 bridgehead atoms. The molecule has 2 atom stereocenters. The molecular formula is C19H25NO3. The van der Waals surface area contributed by atoms with E-state index in [1.807, 2.05) is 18.2 Å². The number of hydrogen-bond acceptors (Lipinski definition) is 3. The molecule has 0 saturated carbocycles. The zero-order chi connectivity index (χ0) is 16.8. The standard InChI is InChI=1S/C19H25NO3/c1-4-6-11-23-17(21)12-16-14-9-7-8-10-15(14)19(22)20-18(16)13(3)5-2/h7-10,12-13,18H,4-6,11H2,1-3H3,(H,20,22)/t13-,18-/m0/s1. The quantitative estimate of drug-likeness (QED) is 0.496. The molecular weight excluding hydrogens is 290 g/mol. The fourth-order valence-corrected chi connectivity index (χ4v) is 2.73. The summed E-state index contributed by atoms with van der Waals surface area (Å²) < 4.78 is 5.26. The van der Waals surface area contributed by atoms with Crippen molar-refractivity contribution in [3.63, 3.8) is 0 Å². The summed E-state index contributed by atoms with van der Waals surface area (Å²) in [6, 6.07) is 7.24. The van der Waals surface area contributed by atoms with E-state index in [0.717, 1.165) is 30.4 Å². The lowest BCUT2D eigenvalue weighted by Crippen LogP contribution is -2.44. The minimum atomic E-state index is -0.340. The van der Waals surface area contributed by atoms with Gasteiger partial charge in [-0.2, -0.15) is 0 Å². The summed E-state index contributed by atoms with van der Waals surface area (Å²) in [6.45, 7) is 6.64. The highest BCUT2D eigenvalue weighted by molar-refractivity contribution is 6.06. The van der Waals surface area contributed by atoms with Crippen molar-refractivity contribution in [3.05, 3.63) is 41.5 Å². The van der Waals surface area contributed by atoms with Gasteiger partial charge in [-0.3, -0.25) is 4.79 Å². The Morgan fingerprint density at radius 3 is 2.65 bits per heavy atom. The first-order valence-corrected chi connectivity index (χ1v) is 8.37. The molecule has 23 heavy (non-hydrogen) atoms. The van der Waals surface area contributed by atoms with Gasteiger partial charge in [0.1, 0.15) is 0 Å². The summed E-state index contributed by atoms with van der Waals surface area (Å²) in [4.78, 5) is 24.4. The summed E-state index contributed by atoms with van der Waals surface area (Å²) in [5, 5.41) is 3.03. The molecule has 1 heterocycles. The van der Waals surface area contributed by atoms with Crippen molar-refractivity contribution in [3.8, 4) is 0 Å². The van der Waals surface area contributed by atoms with Gasteiger partial charge in [0.25, 0.3) is 5.91 Å². The van der Waals surface area contributed by atoms with E-state index < -0.39 is 0 Å². The SMILES string of the molecule is CCCCOC(=O)C=C1c2ccccc2C(=O)N[C@H]1[C@@H](C)CC. The Bertz CT molecular complexity index is 606. The van der Waals surface area contributed by atoms with Gasteiger partial charge in [0.2, 0.25) is 0 Å². The van der Waals surface area contributed by atoms with Crippen LogP contribution in [0.1, 0.15) is 56.0 Å². The first-order chi connectivity index (χ1) is 11.1. The van der Waals surface area contributed by atoms with Crippen molar-refractivity contribution in [1.82, 2.24) is 5.32 Å². The Hall–Kier alpha value is -2.10. The van der Waals surface area contributed by atoms with E-state index in [9.17, 15) is 9.59 Å². The van der Waals surface area contributed by atoms with Gasteiger partial charge in [-0.05, 0) is 29.5 Å². The van der Waals surface area contributed by atoms with Crippen LogP contribution >= 0.6 is 0 Å². The third-order valence-corrected chi connectivity index (χ3v) is 4.33. The molecule has 0 unspecified atom stereocenters. The smallest absolute Gasteiger partial charge is 0.331 e. The monoisotopic (exact) mass is 315 g/mol. The molecule has 0 spiro atoms. The van der Waals surface area contributed by atoms with Gasteiger partial charge in [-0.1, -0.05) is 51.8 Å². The third-order valence-electron chi connectivity index (χ3n) is 4.33. The Morgan fingerprint density at radius 1 is 1.30 bits per heavy atom. The molecule has 4 nitrogen and oxygen atoms in total. The Kier molecular flexibility index (Phi) is 5.97. The van der Waals surface area contributed by atoms with Crippen molar-refractivity contribution < 1.29 is 14.3 Å². The molecule has 0 radical (unpaired) electrons. The van der Waals surface area contributed by atoms with Gasteiger partial charge in [-0.25, -0.2) is 4.79 Å². The van der Waals surface area contributed by atoms with Crippen LogP contribution in [0.3, 0.4) is 0 Å². The highest BCUT2D eigenvalue weighted by atomic mass is 16.5. The molecule has 124 valence electrons. The highest BCUT2D eigenvalue weighted by Gasteiger charge is 2.31. The maximum absolute atomic E-state index is 12.3. The van der Waals surface area contributed by atoms with E-state index >= 15 is 0 Å². The average molecular weight is 315 g/mol. The van der Waals surface area contributed by atoms with Crippen LogP contribution < -0.4 is 5.32 Å². The van der Waals surface area contributed by atoms with Crippen molar-refractivity contribution in [2.75, 3.05) is 6.61 Å². The fraction of sp³-hybridized carbons (Fsp3) is 0.474. The largest absolute Gasteiger partial charge is 0.463 e. The van der Waals surface area contributed by atoms with Crippen molar-refractivity contribution in [2.45, 2.75) is 46.1 Å². The minimum absolute atomic E-state index is 0.0811. The van der Waals surface area contributed by atoms with E-state index in [4.69, 9.17) is 4.74 Å². The number of hydrogen-bond donors (Lipinski definition) is 1. The molecule has 0 saturated heterocycles. The molecule has 1 aromatic rings. The Balaban J connectivity index is 2.35. The molecule has 1 aromatic carbocycles. The lowest BCUT2D eigenvalue weighted by Gasteiger charge is -2.32. The molecule has 1 amide bonds. The number of fused-ring (bicyclic) bond motifs is 1. The highest BCUT2D eigenvalue weighted by Crippen LogP contribution is 2.31. The maximum atomic E-state index is 12.3. The number of ether oxygens (including phenoxy) is 1. The number of amides is 1. The van der Waals surface area contributed by atoms with Gasteiger partial charge in [-0.15, -0.1) is 0 Å². The second-order valence-corrected chi connectivity index (χ2v) is 6.00. The molecule has 0 fully saturated rings. The molecule has 2 rings (SSSR count). The number of carbonyl (C=O) groups is 2. The zero-order valence-electron chi connectivity index (χ0n) is 14.1. The third kappa shape index (κ3) is 4.01. The van der Waals surface area contributed by atoms with E-state index in [-0.39, 0.29) is 23.8 Å². The predicted molar refractivity (Wildman–Crippen MR) is 91.0 cm³/mol. The second-order valence-electron chi connectivity index (χ2n) is 6.00. The predicted octanol–water partition coefficient (Wildman–Crippen LogP) is 3.57. The maximum Gasteiger partial charge on any atom is 0.331 e. The summed E-state index contributed by atoms with van der Waals surface area (Å²) >= 11 is 0. The molecule has 1 aliphatic heterocycles. The van der Waals surface area contributed by atoms with Crippen LogP contribution in [0.4, 0.5) is 0 Å². The van der Waals surface area contributed by atoms with E-state index in [2.05, 4.69) is 26.1 Å². The van der Waals surface area contributed by atoms with Crippen LogP contribution in [0, 0.1) is 5.92 Å². The zero-order valence-corrected chi connectivity index (χ0v) is 14.1. The van der Waals surface area contributed by atoms with Crippen molar-refractivity contribution >= 4 is 17.4 Å². The Morgan fingerprint density at radius 2 is 2.00 bits per heavy atom. The first kappa shape index (κ1) is 17.3. The number of unbranched alkanes of at least 4 members (excludes halogenated alkanes) is 1. The van der Waals surface area contributed by atoms with Gasteiger partial charge in [0.15, 0.2) is 0 Å². The number of esters is 1. The van der Waals surface area contributed by atoms with Crippen LogP contribution in [0.25, 0.3) is 5.57 Å². The first-order valence-electron chi connectivity index (χ1n) is 8.37. The van der Waals surface area contributed by atoms with Gasteiger partial charge in [0.05, 0.1) is 12.6 Å². The van der Waals surface area contributed by atoms with Crippen molar-refractivity contribution in [1.29, 1.82) is 0 Å². The van der Waals surface area contributed by atoms with Crippen LogP contribution in [-0.2, 0) is 9.53 Å². The summed E-state index contributed by atoms with van der Waals surface area (Å²) in [5.74, 6) is -0.183. The number of benzene rings is 1. The van der Waals surface area contributed by atoms with E-state index in [1.165, 1.54) is 0 Å². The molecule has 0 aromatic heterocycles. The average Bonchev–Trinajstić information content (AvgIpc) is 2.57. The summed E-state index contributed by atoms with van der Waals surface area (Å²) in [6.07, 6.45) is 4.30. The van der Waals surface area contributed by atoms with Crippen LogP contribution in [-0.4, -0.2) is 24.5 Å². The van der Waals surface area contributed by atoms with Gasteiger partial charge in [0, 0.05) is 11.6 Å². The molecule has 0 aliphatic carbocycles. The van der Waals surface area contributed by atoms with Crippen molar-refractivity contribution in [2.24, 2.45) is 5.92 Å². The van der Waals surface area contributed by atoms with Crippen LogP contribution in [0.5, 0.6) is 0 Å². The Labute approximate surface area is 137 Å². The second kappa shape index (κ2) is 7.95. The van der Waals surface area contributed by atoms with Gasteiger partial charge < -0.3 is 10.1 Å². The van der Waals surface area contributed by atoms with Crippen LogP contribution in [0.15, 0.2) is 30.3 Å². The van der Waals surface area contributed by atoms with E-state index in [1.54, 1.807) is 12.1 Å². The number of carbonyl (C=O) groups excluding carboxylic acids is 2. The summed E-state index contributed by atoms with van der Waals surface area (Å²) in [5.41, 5.74) is 2.28. The number of rotatable bonds is 6. The van der Waals surface area contributed by atoms with E-state index in [0.29, 0.717) is 12.2 Å². The minimum Gasteiger partial charge on any atom is -0.463 e. The van der Waals surface area contributed by atoms with Crippen LogP contribution in [0.2, 0.25) is 0 Å². The van der Waals surface area contributed by atoms with Gasteiger partial charge >= 0.3 is 5.97 Å². The molecule has 4 heteroatoms. The summed E-state index contributed by atoms with van der Waals surface area (Å²) in [7, 11) is 0. The topological polar surface area (TPSA) is 55.4 Å². The normalized spacial score (nSPS) is 19.9.